The van der Waals surface area contributed by atoms with Gasteiger partial charge in [-0.05, 0) is 56.9 Å². The number of para-hydroxylation sites is 1. The molecule has 1 N–H and O–H groups in total. The van der Waals surface area contributed by atoms with Gasteiger partial charge in [-0.25, -0.2) is 19.3 Å². The highest BCUT2D eigenvalue weighted by Crippen LogP contribution is 2.39. The zero-order valence-electron chi connectivity index (χ0n) is 23.1. The monoisotopic (exact) mass is 529 g/mol. The van der Waals surface area contributed by atoms with E-state index in [4.69, 9.17) is 14.7 Å². The molecule has 204 valence electrons. The van der Waals surface area contributed by atoms with Gasteiger partial charge in [0.2, 0.25) is 5.95 Å². The third-order valence-corrected chi connectivity index (χ3v) is 7.21. The Morgan fingerprint density at radius 1 is 1.05 bits per heavy atom. The van der Waals surface area contributed by atoms with Crippen LogP contribution in [0.5, 0.6) is 5.75 Å². The van der Waals surface area contributed by atoms with E-state index in [0.29, 0.717) is 5.95 Å². The Morgan fingerprint density at radius 2 is 1.85 bits per heavy atom. The first-order valence-corrected chi connectivity index (χ1v) is 13.3. The number of hydrogen-bond donors (Lipinski definition) is 1. The molecule has 0 spiro atoms. The quantitative estimate of drug-likeness (QED) is 0.301. The molecule has 0 unspecified atom stereocenters. The highest BCUT2D eigenvalue weighted by Gasteiger charge is 2.32. The molecule has 1 atom stereocenters. The second-order valence-corrected chi connectivity index (χ2v) is 10.2. The fourth-order valence-electron chi connectivity index (χ4n) is 5.26. The third kappa shape index (κ3) is 5.94. The fourth-order valence-corrected chi connectivity index (χ4v) is 5.26. The van der Waals surface area contributed by atoms with Gasteiger partial charge >= 0.3 is 0 Å². The van der Waals surface area contributed by atoms with Crippen LogP contribution in [0, 0.1) is 5.82 Å². The molecular formula is C30H36FN7O. The molecule has 1 aliphatic rings. The van der Waals surface area contributed by atoms with E-state index in [0.717, 1.165) is 73.2 Å². The summed E-state index contributed by atoms with van der Waals surface area (Å²) in [6, 6.07) is 16.9. The number of benzene rings is 2. The van der Waals surface area contributed by atoms with Crippen molar-refractivity contribution < 1.29 is 9.13 Å². The lowest BCUT2D eigenvalue weighted by Crippen LogP contribution is -2.35. The Balaban J connectivity index is 1.54. The zero-order chi connectivity index (χ0) is 27.4. The van der Waals surface area contributed by atoms with Crippen LogP contribution in [0.4, 0.5) is 10.3 Å². The molecule has 0 aliphatic carbocycles. The average Bonchev–Trinajstić information content (AvgIpc) is 3.52. The Kier molecular flexibility index (Phi) is 8.18. The van der Waals surface area contributed by atoms with Crippen molar-refractivity contribution >= 4 is 5.95 Å². The summed E-state index contributed by atoms with van der Waals surface area (Å²) in [5.74, 6) is 2.22. The van der Waals surface area contributed by atoms with Crippen molar-refractivity contribution in [3.63, 3.8) is 0 Å². The Morgan fingerprint density at radius 3 is 2.59 bits per heavy atom. The molecule has 1 aliphatic heterocycles. The molecule has 2 aromatic heterocycles. The number of rotatable bonds is 11. The molecule has 2 aromatic carbocycles. The summed E-state index contributed by atoms with van der Waals surface area (Å²) < 4.78 is 21.8. The average molecular weight is 530 g/mol. The van der Waals surface area contributed by atoms with Gasteiger partial charge in [0, 0.05) is 63.0 Å². The summed E-state index contributed by atoms with van der Waals surface area (Å²) in [5, 5.41) is 3.05. The minimum Gasteiger partial charge on any atom is -0.496 e. The number of fused-ring (bicyclic) bond motifs is 1. The standard InChI is InChI=1S/C30H36FN7O/c1-32-30-33-16-15-25(34-30)29-28(21-9-11-23(31)12-10-21)35-27-14-13-24(38(27)29)20-37(18-17-36(2)3)19-22-7-5-6-8-26(22)39-4/h5-12,15-16,24H,13-14,17-20H2,1-4H3,(H,32,33,34)/t24-/m0/s1. The molecule has 0 saturated heterocycles. The van der Waals surface area contributed by atoms with Crippen molar-refractivity contribution in [3.8, 4) is 28.4 Å². The van der Waals surface area contributed by atoms with E-state index in [1.165, 1.54) is 17.7 Å². The SMILES string of the molecule is CNc1nccc(-c2c(-c3ccc(F)cc3)nc3n2[C@H](CN(CCN(C)C)Cc2ccccc2OC)CC3)n1. The molecule has 0 saturated carbocycles. The molecule has 4 aromatic rings. The van der Waals surface area contributed by atoms with Crippen LogP contribution in [0.2, 0.25) is 0 Å². The van der Waals surface area contributed by atoms with Crippen molar-refractivity contribution in [1.29, 1.82) is 0 Å². The minimum atomic E-state index is -0.266. The molecule has 3 heterocycles. The first kappa shape index (κ1) is 26.8. The maximum atomic E-state index is 13.8. The van der Waals surface area contributed by atoms with Crippen LogP contribution in [-0.2, 0) is 13.0 Å². The topological polar surface area (TPSA) is 71.3 Å². The van der Waals surface area contributed by atoms with Crippen LogP contribution in [0.25, 0.3) is 22.6 Å². The molecule has 8 nitrogen and oxygen atoms in total. The van der Waals surface area contributed by atoms with Crippen molar-refractivity contribution in [3.05, 3.63) is 78.0 Å². The predicted molar refractivity (Wildman–Crippen MR) is 152 cm³/mol. The van der Waals surface area contributed by atoms with Crippen LogP contribution < -0.4 is 10.1 Å². The fraction of sp³-hybridized carbons (Fsp3) is 0.367. The number of hydrogen-bond acceptors (Lipinski definition) is 7. The summed E-state index contributed by atoms with van der Waals surface area (Å²) in [4.78, 5) is 18.9. The molecule has 0 amide bonds. The normalized spacial score (nSPS) is 14.7. The highest BCUT2D eigenvalue weighted by atomic mass is 19.1. The van der Waals surface area contributed by atoms with Gasteiger partial charge in [0.1, 0.15) is 17.4 Å². The van der Waals surface area contributed by atoms with Gasteiger partial charge in [-0.2, -0.15) is 0 Å². The van der Waals surface area contributed by atoms with Gasteiger partial charge in [-0.3, -0.25) is 4.90 Å². The number of anilines is 1. The number of imidazole rings is 1. The number of nitrogens with zero attached hydrogens (tertiary/aromatic N) is 6. The maximum Gasteiger partial charge on any atom is 0.222 e. The second kappa shape index (κ2) is 11.9. The number of aromatic nitrogens is 4. The van der Waals surface area contributed by atoms with Crippen LogP contribution in [0.3, 0.4) is 0 Å². The van der Waals surface area contributed by atoms with Crippen LogP contribution >= 0.6 is 0 Å². The van der Waals surface area contributed by atoms with E-state index in [1.807, 2.05) is 25.2 Å². The van der Waals surface area contributed by atoms with E-state index in [1.54, 1.807) is 25.4 Å². The molecule has 39 heavy (non-hydrogen) atoms. The minimum absolute atomic E-state index is 0.210. The summed E-state index contributed by atoms with van der Waals surface area (Å²) in [6.45, 7) is 3.51. The van der Waals surface area contributed by atoms with Crippen molar-refractivity contribution in [2.24, 2.45) is 0 Å². The van der Waals surface area contributed by atoms with Gasteiger partial charge in [0.15, 0.2) is 0 Å². The summed E-state index contributed by atoms with van der Waals surface area (Å²) in [7, 11) is 7.74. The van der Waals surface area contributed by atoms with E-state index in [2.05, 4.69) is 50.9 Å². The summed E-state index contributed by atoms with van der Waals surface area (Å²) in [6.07, 6.45) is 3.63. The number of aryl methyl sites for hydroxylation is 1. The Bertz CT molecular complexity index is 1400. The van der Waals surface area contributed by atoms with Gasteiger partial charge in [-0.15, -0.1) is 0 Å². The highest BCUT2D eigenvalue weighted by molar-refractivity contribution is 5.78. The second-order valence-electron chi connectivity index (χ2n) is 10.2. The van der Waals surface area contributed by atoms with Crippen LogP contribution in [0.1, 0.15) is 23.9 Å². The number of likely N-dealkylation sites (N-methyl/N-ethyl adjacent to an activating group) is 1. The van der Waals surface area contributed by atoms with Gasteiger partial charge in [0.05, 0.1) is 24.2 Å². The number of nitrogens with one attached hydrogen (secondary N) is 1. The van der Waals surface area contributed by atoms with Crippen molar-refractivity contribution in [2.45, 2.75) is 25.4 Å². The lowest BCUT2D eigenvalue weighted by molar-refractivity contribution is 0.203. The predicted octanol–water partition coefficient (Wildman–Crippen LogP) is 4.75. The Hall–Kier alpha value is -3.82. The van der Waals surface area contributed by atoms with Crippen molar-refractivity contribution in [1.82, 2.24) is 29.3 Å². The van der Waals surface area contributed by atoms with Crippen LogP contribution in [-0.4, -0.2) is 77.2 Å². The largest absolute Gasteiger partial charge is 0.496 e. The first-order valence-electron chi connectivity index (χ1n) is 13.3. The number of methoxy groups -OCH3 is 1. The summed E-state index contributed by atoms with van der Waals surface area (Å²) >= 11 is 0. The first-order chi connectivity index (χ1) is 19.0. The van der Waals surface area contributed by atoms with Gasteiger partial charge < -0.3 is 19.5 Å². The molecule has 0 fully saturated rings. The van der Waals surface area contributed by atoms with E-state index < -0.39 is 0 Å². The maximum absolute atomic E-state index is 13.8. The molecule has 5 rings (SSSR count). The lowest BCUT2D eigenvalue weighted by atomic mass is 10.1. The van der Waals surface area contributed by atoms with E-state index in [-0.39, 0.29) is 11.9 Å². The van der Waals surface area contributed by atoms with Gasteiger partial charge in [-0.1, -0.05) is 18.2 Å². The molecule has 9 heteroatoms. The number of ether oxygens (including phenoxy) is 1. The lowest BCUT2D eigenvalue weighted by Gasteiger charge is -2.29. The van der Waals surface area contributed by atoms with E-state index >= 15 is 0 Å². The zero-order valence-corrected chi connectivity index (χ0v) is 23.1. The summed E-state index contributed by atoms with van der Waals surface area (Å²) in [5.41, 5.74) is 4.60. The van der Waals surface area contributed by atoms with E-state index in [9.17, 15) is 4.39 Å². The van der Waals surface area contributed by atoms with Crippen molar-refractivity contribution in [2.75, 3.05) is 53.2 Å². The smallest absolute Gasteiger partial charge is 0.222 e. The number of halogens is 1. The molecule has 0 bridgehead atoms. The van der Waals surface area contributed by atoms with Gasteiger partial charge in [0.25, 0.3) is 0 Å². The van der Waals surface area contributed by atoms with Crippen LogP contribution in [0.15, 0.2) is 60.8 Å². The molecule has 0 radical (unpaired) electrons. The third-order valence-electron chi connectivity index (χ3n) is 7.21. The Labute approximate surface area is 229 Å². The molecular weight excluding hydrogens is 493 g/mol.